The van der Waals surface area contributed by atoms with Crippen molar-refractivity contribution in [3.8, 4) is 0 Å². The summed E-state index contributed by atoms with van der Waals surface area (Å²) in [5.41, 5.74) is 3.01. The Labute approximate surface area is 178 Å². The minimum Gasteiger partial charge on any atom is -0.459 e. The SMILES string of the molecule is O=C(c1occc1CS(=O)(=O)c1ccccc1)N1CCc2[nH]c3ccc(F)cc3c2C1. The lowest BCUT2D eigenvalue weighted by Crippen LogP contribution is -2.36. The zero-order chi connectivity index (χ0) is 21.6. The maximum atomic E-state index is 13.7. The number of benzene rings is 2. The lowest BCUT2D eigenvalue weighted by atomic mass is 10.0. The molecule has 4 aromatic rings. The lowest BCUT2D eigenvalue weighted by Gasteiger charge is -2.26. The highest BCUT2D eigenvalue weighted by Crippen LogP contribution is 2.30. The average molecular weight is 438 g/mol. The standard InChI is InChI=1S/C23H19FN2O4S/c24-16-6-7-20-18(12-16)19-13-26(10-8-21(19)25-20)23(27)22-15(9-11-30-22)14-31(28,29)17-4-2-1-3-5-17/h1-7,9,11-12,25H,8,10,13-14H2. The predicted octanol–water partition coefficient (Wildman–Crippen LogP) is 4.07. The zero-order valence-electron chi connectivity index (χ0n) is 16.5. The molecule has 0 bridgehead atoms. The highest BCUT2D eigenvalue weighted by atomic mass is 32.2. The Balaban J connectivity index is 1.42. The van der Waals surface area contributed by atoms with Gasteiger partial charge in [-0.05, 0) is 36.4 Å². The molecular weight excluding hydrogens is 419 g/mol. The van der Waals surface area contributed by atoms with Crippen molar-refractivity contribution in [1.29, 1.82) is 0 Å². The highest BCUT2D eigenvalue weighted by molar-refractivity contribution is 7.90. The second kappa shape index (κ2) is 7.39. The third kappa shape index (κ3) is 3.53. The summed E-state index contributed by atoms with van der Waals surface area (Å²) in [7, 11) is -3.62. The van der Waals surface area contributed by atoms with Crippen LogP contribution < -0.4 is 0 Å². The van der Waals surface area contributed by atoms with Gasteiger partial charge in [0.1, 0.15) is 5.82 Å². The second-order valence-electron chi connectivity index (χ2n) is 7.60. The molecule has 0 saturated carbocycles. The van der Waals surface area contributed by atoms with Gasteiger partial charge in [-0.3, -0.25) is 4.79 Å². The Morgan fingerprint density at radius 3 is 2.74 bits per heavy atom. The molecule has 0 atom stereocenters. The fourth-order valence-corrected chi connectivity index (χ4v) is 5.43. The zero-order valence-corrected chi connectivity index (χ0v) is 17.3. The maximum absolute atomic E-state index is 13.7. The van der Waals surface area contributed by atoms with Gasteiger partial charge in [-0.15, -0.1) is 0 Å². The normalized spacial score (nSPS) is 14.0. The topological polar surface area (TPSA) is 83.4 Å². The van der Waals surface area contributed by atoms with E-state index in [1.54, 1.807) is 29.2 Å². The fourth-order valence-electron chi connectivity index (χ4n) is 4.06. The molecule has 2 aromatic carbocycles. The number of halogens is 1. The largest absolute Gasteiger partial charge is 0.459 e. The molecular formula is C23H19FN2O4S. The number of hydrogen-bond donors (Lipinski definition) is 1. The van der Waals surface area contributed by atoms with E-state index in [0.29, 0.717) is 25.1 Å². The van der Waals surface area contributed by atoms with Crippen molar-refractivity contribution in [3.63, 3.8) is 0 Å². The van der Waals surface area contributed by atoms with Crippen LogP contribution in [-0.2, 0) is 28.6 Å². The van der Waals surface area contributed by atoms with Gasteiger partial charge in [0.25, 0.3) is 5.91 Å². The molecule has 1 aliphatic rings. The summed E-state index contributed by atoms with van der Waals surface area (Å²) in [4.78, 5) is 18.3. The number of rotatable bonds is 4. The first kappa shape index (κ1) is 19.6. The molecule has 0 unspecified atom stereocenters. The van der Waals surface area contributed by atoms with Crippen LogP contribution in [0.15, 0.2) is 70.2 Å². The van der Waals surface area contributed by atoms with E-state index >= 15 is 0 Å². The first-order valence-corrected chi connectivity index (χ1v) is 11.5. The van der Waals surface area contributed by atoms with Gasteiger partial charge in [0, 0.05) is 47.2 Å². The Morgan fingerprint density at radius 2 is 1.94 bits per heavy atom. The summed E-state index contributed by atoms with van der Waals surface area (Å²) in [5.74, 6) is -1.02. The maximum Gasteiger partial charge on any atom is 0.290 e. The van der Waals surface area contributed by atoms with Crippen LogP contribution in [0.4, 0.5) is 4.39 Å². The van der Waals surface area contributed by atoms with Crippen LogP contribution in [0.3, 0.4) is 0 Å². The molecule has 1 amide bonds. The van der Waals surface area contributed by atoms with Crippen molar-refractivity contribution >= 4 is 26.6 Å². The van der Waals surface area contributed by atoms with Crippen LogP contribution in [0.2, 0.25) is 0 Å². The van der Waals surface area contributed by atoms with Crippen molar-refractivity contribution in [2.24, 2.45) is 0 Å². The van der Waals surface area contributed by atoms with Gasteiger partial charge in [0.05, 0.1) is 16.9 Å². The number of nitrogens with zero attached hydrogens (tertiary/aromatic N) is 1. The number of carbonyl (C=O) groups is 1. The second-order valence-corrected chi connectivity index (χ2v) is 9.59. The smallest absolute Gasteiger partial charge is 0.290 e. The number of aromatic nitrogens is 1. The van der Waals surface area contributed by atoms with Crippen LogP contribution in [0, 0.1) is 5.82 Å². The number of furan rings is 1. The van der Waals surface area contributed by atoms with E-state index in [1.165, 1.54) is 36.6 Å². The summed E-state index contributed by atoms with van der Waals surface area (Å²) in [6.45, 7) is 0.746. The minimum atomic E-state index is -3.62. The quantitative estimate of drug-likeness (QED) is 0.521. The third-order valence-corrected chi connectivity index (χ3v) is 7.29. The van der Waals surface area contributed by atoms with E-state index in [4.69, 9.17) is 4.42 Å². The van der Waals surface area contributed by atoms with Crippen molar-refractivity contribution in [1.82, 2.24) is 9.88 Å². The number of sulfone groups is 1. The molecule has 158 valence electrons. The predicted molar refractivity (Wildman–Crippen MR) is 113 cm³/mol. The molecule has 31 heavy (non-hydrogen) atoms. The Kier molecular flexibility index (Phi) is 4.66. The monoisotopic (exact) mass is 438 g/mol. The van der Waals surface area contributed by atoms with Gasteiger partial charge in [-0.25, -0.2) is 12.8 Å². The molecule has 0 aliphatic carbocycles. The number of fused-ring (bicyclic) bond motifs is 3. The Hall–Kier alpha value is -3.39. The van der Waals surface area contributed by atoms with E-state index in [9.17, 15) is 17.6 Å². The fraction of sp³-hybridized carbons (Fsp3) is 0.174. The number of H-pyrrole nitrogens is 1. The van der Waals surface area contributed by atoms with Crippen molar-refractivity contribution in [2.75, 3.05) is 6.54 Å². The van der Waals surface area contributed by atoms with Gasteiger partial charge < -0.3 is 14.3 Å². The van der Waals surface area contributed by atoms with Crippen LogP contribution in [0.1, 0.15) is 27.4 Å². The van der Waals surface area contributed by atoms with Gasteiger partial charge in [-0.2, -0.15) is 0 Å². The van der Waals surface area contributed by atoms with E-state index < -0.39 is 9.84 Å². The summed E-state index contributed by atoms with van der Waals surface area (Å²) < 4.78 is 44.7. The molecule has 0 spiro atoms. The first-order chi connectivity index (χ1) is 14.9. The first-order valence-electron chi connectivity index (χ1n) is 9.85. The molecule has 8 heteroatoms. The Bertz CT molecular complexity index is 1390. The molecule has 0 fully saturated rings. The van der Waals surface area contributed by atoms with Crippen LogP contribution >= 0.6 is 0 Å². The Morgan fingerprint density at radius 1 is 1.13 bits per heavy atom. The van der Waals surface area contributed by atoms with Gasteiger partial charge in [0.15, 0.2) is 15.6 Å². The van der Waals surface area contributed by atoms with E-state index in [-0.39, 0.29) is 28.1 Å². The average Bonchev–Trinajstić information content (AvgIpc) is 3.37. The summed E-state index contributed by atoms with van der Waals surface area (Å²) in [6.07, 6.45) is 1.93. The van der Waals surface area contributed by atoms with Crippen LogP contribution in [-0.4, -0.2) is 30.8 Å². The van der Waals surface area contributed by atoms with Gasteiger partial charge in [-0.1, -0.05) is 18.2 Å². The summed E-state index contributed by atoms with van der Waals surface area (Å²) in [5, 5.41) is 0.749. The molecule has 1 N–H and O–H groups in total. The molecule has 3 heterocycles. The highest BCUT2D eigenvalue weighted by Gasteiger charge is 2.29. The minimum absolute atomic E-state index is 0.0222. The number of carbonyl (C=O) groups excluding carboxylic acids is 1. The van der Waals surface area contributed by atoms with Gasteiger partial charge >= 0.3 is 0 Å². The number of aromatic amines is 1. The van der Waals surface area contributed by atoms with E-state index in [2.05, 4.69) is 4.98 Å². The summed E-state index contributed by atoms with van der Waals surface area (Å²) in [6, 6.07) is 14.2. The van der Waals surface area contributed by atoms with Gasteiger partial charge in [0.2, 0.25) is 0 Å². The number of hydrogen-bond acceptors (Lipinski definition) is 4. The van der Waals surface area contributed by atoms with Crippen molar-refractivity contribution < 1.29 is 22.0 Å². The van der Waals surface area contributed by atoms with E-state index in [1.807, 2.05) is 0 Å². The summed E-state index contributed by atoms with van der Waals surface area (Å²) >= 11 is 0. The molecule has 6 nitrogen and oxygen atoms in total. The van der Waals surface area contributed by atoms with Crippen LogP contribution in [0.25, 0.3) is 10.9 Å². The number of nitrogens with one attached hydrogen (secondary N) is 1. The number of amides is 1. The van der Waals surface area contributed by atoms with Crippen molar-refractivity contribution in [3.05, 3.63) is 89.3 Å². The molecule has 2 aromatic heterocycles. The third-order valence-electron chi connectivity index (χ3n) is 5.61. The lowest BCUT2D eigenvalue weighted by molar-refractivity contribution is 0.0701. The van der Waals surface area contributed by atoms with Crippen molar-refractivity contribution in [2.45, 2.75) is 23.6 Å². The van der Waals surface area contributed by atoms with Crippen LogP contribution in [0.5, 0.6) is 0 Å². The molecule has 0 radical (unpaired) electrons. The molecule has 0 saturated heterocycles. The van der Waals surface area contributed by atoms with E-state index in [0.717, 1.165) is 22.2 Å². The molecule has 5 rings (SSSR count). The molecule has 1 aliphatic heterocycles.